The van der Waals surface area contributed by atoms with Gasteiger partial charge in [0.15, 0.2) is 6.61 Å². The third-order valence-corrected chi connectivity index (χ3v) is 1.92. The van der Waals surface area contributed by atoms with Crippen molar-refractivity contribution in [3.05, 3.63) is 23.8 Å². The number of halogens is 3. The van der Waals surface area contributed by atoms with Gasteiger partial charge in [0.1, 0.15) is 5.75 Å². The lowest BCUT2D eigenvalue weighted by molar-refractivity contribution is -0.153. The van der Waals surface area contributed by atoms with Crippen molar-refractivity contribution in [2.24, 2.45) is 0 Å². The Morgan fingerprint density at radius 3 is 2.61 bits per heavy atom. The molecule has 7 heteroatoms. The first-order valence-electron chi connectivity index (χ1n) is 5.09. The second kappa shape index (κ2) is 5.61. The largest absolute Gasteiger partial charge is 0.482 e. The molecule has 0 aromatic heterocycles. The van der Waals surface area contributed by atoms with Gasteiger partial charge in [0.25, 0.3) is 0 Å². The molecule has 0 atom stereocenters. The van der Waals surface area contributed by atoms with E-state index in [4.69, 9.17) is 10.5 Å². The van der Waals surface area contributed by atoms with Crippen molar-refractivity contribution in [2.75, 3.05) is 18.9 Å². The Labute approximate surface area is 101 Å². The van der Waals surface area contributed by atoms with Gasteiger partial charge in [-0.1, -0.05) is 0 Å². The Morgan fingerprint density at radius 1 is 1.39 bits per heavy atom. The van der Waals surface area contributed by atoms with Crippen LogP contribution in [0.1, 0.15) is 17.3 Å². The molecule has 0 unspecified atom stereocenters. The first-order valence-corrected chi connectivity index (χ1v) is 5.09. The molecule has 0 saturated carbocycles. The Hall–Kier alpha value is -1.92. The van der Waals surface area contributed by atoms with Crippen LogP contribution in [0.15, 0.2) is 18.2 Å². The van der Waals surface area contributed by atoms with Crippen LogP contribution >= 0.6 is 0 Å². The highest BCUT2D eigenvalue weighted by Crippen LogP contribution is 2.25. The van der Waals surface area contributed by atoms with E-state index in [-0.39, 0.29) is 23.6 Å². The van der Waals surface area contributed by atoms with Crippen molar-refractivity contribution in [2.45, 2.75) is 13.1 Å². The van der Waals surface area contributed by atoms with Gasteiger partial charge in [-0.15, -0.1) is 0 Å². The van der Waals surface area contributed by atoms with Gasteiger partial charge in [-0.3, -0.25) is 0 Å². The minimum atomic E-state index is -4.47. The van der Waals surface area contributed by atoms with Gasteiger partial charge in [-0.05, 0) is 25.1 Å². The summed E-state index contributed by atoms with van der Waals surface area (Å²) in [6.45, 7) is 0.321. The average Bonchev–Trinajstić information content (AvgIpc) is 2.27. The minimum absolute atomic E-state index is 0.0206. The zero-order chi connectivity index (χ0) is 13.8. The maximum absolute atomic E-state index is 12.0. The summed E-state index contributed by atoms with van der Waals surface area (Å²) in [6.07, 6.45) is -4.47. The Morgan fingerprint density at radius 2 is 2.06 bits per heavy atom. The van der Waals surface area contributed by atoms with E-state index in [1.807, 2.05) is 0 Å². The summed E-state index contributed by atoms with van der Waals surface area (Å²) >= 11 is 0. The maximum Gasteiger partial charge on any atom is 0.422 e. The fraction of sp³-hybridized carbons (Fsp3) is 0.364. The number of rotatable bonds is 4. The topological polar surface area (TPSA) is 61.5 Å². The van der Waals surface area contributed by atoms with Crippen molar-refractivity contribution in [1.29, 1.82) is 0 Å². The second-order valence-corrected chi connectivity index (χ2v) is 3.38. The van der Waals surface area contributed by atoms with Crippen molar-refractivity contribution < 1.29 is 27.4 Å². The molecule has 18 heavy (non-hydrogen) atoms. The van der Waals surface area contributed by atoms with Crippen molar-refractivity contribution in [1.82, 2.24) is 0 Å². The summed E-state index contributed by atoms with van der Waals surface area (Å²) in [5.74, 6) is -0.841. The summed E-state index contributed by atoms with van der Waals surface area (Å²) in [5.41, 5.74) is 5.56. The SMILES string of the molecule is CCOC(=O)c1ccc(N)c(OCC(F)(F)F)c1. The Balaban J connectivity index is 2.84. The van der Waals surface area contributed by atoms with Gasteiger partial charge in [-0.25, -0.2) is 4.79 Å². The summed E-state index contributed by atoms with van der Waals surface area (Å²) in [6, 6.07) is 3.77. The highest BCUT2D eigenvalue weighted by Gasteiger charge is 2.28. The number of hydrogen-bond acceptors (Lipinski definition) is 4. The molecule has 4 nitrogen and oxygen atoms in total. The number of ether oxygens (including phenoxy) is 2. The number of hydrogen-bond donors (Lipinski definition) is 1. The molecule has 0 bridgehead atoms. The van der Waals surface area contributed by atoms with E-state index in [2.05, 4.69) is 4.74 Å². The van der Waals surface area contributed by atoms with Crippen LogP contribution in [0.3, 0.4) is 0 Å². The summed E-state index contributed by atoms with van der Waals surface area (Å²) in [7, 11) is 0. The van der Waals surface area contributed by atoms with Crippen LogP contribution in [0.5, 0.6) is 5.75 Å². The molecular formula is C11H12F3NO3. The second-order valence-electron chi connectivity index (χ2n) is 3.38. The van der Waals surface area contributed by atoms with Gasteiger partial charge in [-0.2, -0.15) is 13.2 Å². The maximum atomic E-state index is 12.0. The highest BCUT2D eigenvalue weighted by molar-refractivity contribution is 5.90. The number of carbonyl (C=O) groups is 1. The smallest absolute Gasteiger partial charge is 0.422 e. The van der Waals surface area contributed by atoms with E-state index in [9.17, 15) is 18.0 Å². The number of benzene rings is 1. The molecule has 1 rings (SSSR count). The van der Waals surface area contributed by atoms with E-state index in [0.29, 0.717) is 0 Å². The van der Waals surface area contributed by atoms with E-state index in [1.165, 1.54) is 12.1 Å². The van der Waals surface area contributed by atoms with Crippen LogP contribution in [0.25, 0.3) is 0 Å². The van der Waals surface area contributed by atoms with Gasteiger partial charge < -0.3 is 15.2 Å². The fourth-order valence-corrected chi connectivity index (χ4v) is 1.16. The molecule has 0 amide bonds. The third-order valence-electron chi connectivity index (χ3n) is 1.92. The molecule has 0 aliphatic rings. The van der Waals surface area contributed by atoms with Crippen LogP contribution in [0, 0.1) is 0 Å². The summed E-state index contributed by atoms with van der Waals surface area (Å²) in [5, 5.41) is 0. The molecular weight excluding hydrogens is 251 g/mol. The predicted octanol–water partition coefficient (Wildman–Crippen LogP) is 2.39. The predicted molar refractivity (Wildman–Crippen MR) is 58.4 cm³/mol. The molecule has 100 valence electrons. The normalized spacial score (nSPS) is 11.1. The third kappa shape index (κ3) is 4.15. The highest BCUT2D eigenvalue weighted by atomic mass is 19.4. The van der Waals surface area contributed by atoms with E-state index in [1.54, 1.807) is 6.92 Å². The van der Waals surface area contributed by atoms with E-state index < -0.39 is 18.8 Å². The Kier molecular flexibility index (Phi) is 4.41. The standard InChI is InChI=1S/C11H12F3NO3/c1-2-17-10(16)7-3-4-8(15)9(5-7)18-6-11(12,13)14/h3-5H,2,6,15H2,1H3. The number of nitrogen functional groups attached to an aromatic ring is 1. The zero-order valence-corrected chi connectivity index (χ0v) is 9.58. The first-order chi connectivity index (χ1) is 8.33. The minimum Gasteiger partial charge on any atom is -0.482 e. The van der Waals surface area contributed by atoms with Crippen LogP contribution in [0.4, 0.5) is 18.9 Å². The van der Waals surface area contributed by atoms with E-state index >= 15 is 0 Å². The van der Waals surface area contributed by atoms with Gasteiger partial charge in [0, 0.05) is 0 Å². The van der Waals surface area contributed by atoms with Crippen LogP contribution in [-0.2, 0) is 4.74 Å². The summed E-state index contributed by atoms with van der Waals surface area (Å²) < 4.78 is 45.2. The zero-order valence-electron chi connectivity index (χ0n) is 9.58. The number of alkyl halides is 3. The molecule has 0 aliphatic carbocycles. The molecule has 0 radical (unpaired) electrons. The lowest BCUT2D eigenvalue weighted by atomic mass is 10.2. The molecule has 1 aromatic rings. The van der Waals surface area contributed by atoms with Crippen LogP contribution in [-0.4, -0.2) is 25.4 Å². The molecule has 0 saturated heterocycles. The van der Waals surface area contributed by atoms with Crippen molar-refractivity contribution in [3.8, 4) is 5.75 Å². The lowest BCUT2D eigenvalue weighted by Crippen LogP contribution is -2.20. The van der Waals surface area contributed by atoms with Gasteiger partial charge in [0.2, 0.25) is 0 Å². The fourth-order valence-electron chi connectivity index (χ4n) is 1.16. The van der Waals surface area contributed by atoms with Gasteiger partial charge in [0.05, 0.1) is 17.9 Å². The number of nitrogens with two attached hydrogens (primary N) is 1. The molecule has 1 aromatic carbocycles. The summed E-state index contributed by atoms with van der Waals surface area (Å²) in [4.78, 5) is 11.4. The number of esters is 1. The average molecular weight is 263 g/mol. The molecule has 0 aliphatic heterocycles. The lowest BCUT2D eigenvalue weighted by Gasteiger charge is -2.12. The van der Waals surface area contributed by atoms with E-state index in [0.717, 1.165) is 6.07 Å². The molecule has 0 fully saturated rings. The quantitative estimate of drug-likeness (QED) is 0.669. The molecule has 0 heterocycles. The van der Waals surface area contributed by atoms with Gasteiger partial charge >= 0.3 is 12.1 Å². The van der Waals surface area contributed by atoms with Crippen molar-refractivity contribution in [3.63, 3.8) is 0 Å². The number of anilines is 1. The molecule has 0 spiro atoms. The van der Waals surface area contributed by atoms with Crippen LogP contribution in [0.2, 0.25) is 0 Å². The Bertz CT molecular complexity index is 432. The molecule has 2 N–H and O–H groups in total. The number of carbonyl (C=O) groups excluding carboxylic acids is 1. The van der Waals surface area contributed by atoms with Crippen molar-refractivity contribution >= 4 is 11.7 Å². The first kappa shape index (κ1) is 14.1. The van der Waals surface area contributed by atoms with Crippen LogP contribution < -0.4 is 10.5 Å². The monoisotopic (exact) mass is 263 g/mol.